The van der Waals surface area contributed by atoms with Gasteiger partial charge in [0.25, 0.3) is 0 Å². The summed E-state index contributed by atoms with van der Waals surface area (Å²) < 4.78 is 6.32. The molecule has 0 unspecified atom stereocenters. The van der Waals surface area contributed by atoms with Crippen LogP contribution in [0.15, 0.2) is 64.2 Å². The van der Waals surface area contributed by atoms with Crippen molar-refractivity contribution in [1.82, 2.24) is 4.98 Å². The molecule has 4 nitrogen and oxygen atoms in total. The minimum absolute atomic E-state index is 0.125. The molecular weight excluding hydrogens is 454 g/mol. The zero-order chi connectivity index (χ0) is 25.2. The van der Waals surface area contributed by atoms with Crippen LogP contribution in [-0.4, -0.2) is 16.1 Å². The van der Waals surface area contributed by atoms with Gasteiger partial charge in [-0.25, -0.2) is 4.79 Å². The summed E-state index contributed by atoms with van der Waals surface area (Å²) in [4.78, 5) is 18.1. The summed E-state index contributed by atoms with van der Waals surface area (Å²) in [5, 5.41) is 12.4. The third-order valence-corrected chi connectivity index (χ3v) is 8.10. The number of unbranched alkanes of at least 4 members (excludes halogenated alkanes) is 2. The quantitative estimate of drug-likeness (QED) is 0.246. The number of aliphatic hydroxyl groups excluding tert-OH is 1. The topological polar surface area (TPSA) is 62.3 Å². The summed E-state index contributed by atoms with van der Waals surface area (Å²) in [6.07, 6.45) is 6.86. The summed E-state index contributed by atoms with van der Waals surface area (Å²) in [6, 6.07) is 14.4. The number of ether oxygens (including phenoxy) is 1. The molecule has 186 valence electrons. The zero-order valence-corrected chi connectivity index (χ0v) is 22.3. The Kier molecular flexibility index (Phi) is 7.37. The number of aryl methyl sites for hydroxylation is 1. The van der Waals surface area contributed by atoms with Crippen molar-refractivity contribution in [3.63, 3.8) is 0 Å². The first-order valence-corrected chi connectivity index (χ1v) is 13.5. The standard InChI is InChI=1S/C30H37NO3S/c1-6-8-11-15-30(22-13-10-9-12-20(22)7-2)19-25(32)27(28(33)34-30)35-26-17-21-14-16-31-24(21)18-23(26)29(3,4)5/h9-10,12-14,16-18,31-32H,6-8,11,15,19H2,1-5H3/t30-/m0/s1. The van der Waals surface area contributed by atoms with Crippen LogP contribution in [0.3, 0.4) is 0 Å². The van der Waals surface area contributed by atoms with E-state index < -0.39 is 11.6 Å². The van der Waals surface area contributed by atoms with Crippen molar-refractivity contribution in [3.05, 3.63) is 76.0 Å². The summed E-state index contributed by atoms with van der Waals surface area (Å²) in [6.45, 7) is 10.8. The number of aliphatic hydroxyl groups is 1. The highest BCUT2D eigenvalue weighted by molar-refractivity contribution is 8.04. The average Bonchev–Trinajstić information content (AvgIpc) is 3.28. The van der Waals surface area contributed by atoms with E-state index in [0.717, 1.165) is 58.2 Å². The number of hydrogen-bond donors (Lipinski definition) is 2. The minimum atomic E-state index is -0.829. The molecule has 0 aliphatic carbocycles. The monoisotopic (exact) mass is 491 g/mol. The molecule has 2 heterocycles. The molecule has 0 fully saturated rings. The Hall–Kier alpha value is -2.66. The number of thioether (sulfide) groups is 1. The highest BCUT2D eigenvalue weighted by Gasteiger charge is 2.44. The molecule has 1 atom stereocenters. The summed E-state index contributed by atoms with van der Waals surface area (Å²) in [5.41, 5.74) is 3.42. The number of benzene rings is 2. The van der Waals surface area contributed by atoms with Crippen molar-refractivity contribution in [1.29, 1.82) is 0 Å². The van der Waals surface area contributed by atoms with E-state index in [0.29, 0.717) is 17.7 Å². The third-order valence-electron chi connectivity index (χ3n) is 6.94. The Bertz CT molecular complexity index is 1250. The van der Waals surface area contributed by atoms with Crippen LogP contribution in [0.25, 0.3) is 10.9 Å². The maximum Gasteiger partial charge on any atom is 0.349 e. The second kappa shape index (κ2) is 10.1. The van der Waals surface area contributed by atoms with Crippen LogP contribution in [-0.2, 0) is 27.0 Å². The molecule has 0 amide bonds. The lowest BCUT2D eigenvalue weighted by Crippen LogP contribution is -2.38. The Labute approximate surface area is 213 Å². The van der Waals surface area contributed by atoms with Gasteiger partial charge < -0.3 is 14.8 Å². The van der Waals surface area contributed by atoms with Gasteiger partial charge in [0.15, 0.2) is 0 Å². The molecule has 2 N–H and O–H groups in total. The van der Waals surface area contributed by atoms with Crippen LogP contribution in [0, 0.1) is 0 Å². The second-order valence-corrected chi connectivity index (χ2v) is 11.6. The molecule has 0 saturated carbocycles. The fraction of sp³-hybridized carbons (Fsp3) is 0.433. The lowest BCUT2D eigenvalue weighted by molar-refractivity contribution is -0.160. The number of cyclic esters (lactones) is 1. The Morgan fingerprint density at radius 2 is 1.89 bits per heavy atom. The normalized spacial score (nSPS) is 18.8. The van der Waals surface area contributed by atoms with E-state index in [9.17, 15) is 9.90 Å². The summed E-state index contributed by atoms with van der Waals surface area (Å²) in [7, 11) is 0. The zero-order valence-electron chi connectivity index (χ0n) is 21.5. The van der Waals surface area contributed by atoms with E-state index in [1.807, 2.05) is 24.4 Å². The Balaban J connectivity index is 1.75. The van der Waals surface area contributed by atoms with E-state index in [1.54, 1.807) is 0 Å². The van der Waals surface area contributed by atoms with Gasteiger partial charge in [0, 0.05) is 22.0 Å². The van der Waals surface area contributed by atoms with Crippen molar-refractivity contribution in [2.45, 2.75) is 89.1 Å². The number of fused-ring (bicyclic) bond motifs is 1. The molecule has 1 aliphatic rings. The first-order valence-electron chi connectivity index (χ1n) is 12.7. The highest BCUT2D eigenvalue weighted by Crippen LogP contribution is 2.48. The fourth-order valence-corrected chi connectivity index (χ4v) is 6.24. The molecule has 0 saturated heterocycles. The second-order valence-electron chi connectivity index (χ2n) is 10.6. The maximum absolute atomic E-state index is 13.5. The minimum Gasteiger partial charge on any atom is -0.511 e. The van der Waals surface area contributed by atoms with Gasteiger partial charge in [-0.3, -0.25) is 0 Å². The number of nitrogens with one attached hydrogen (secondary N) is 1. The fourth-order valence-electron chi connectivity index (χ4n) is 5.05. The summed E-state index contributed by atoms with van der Waals surface area (Å²) in [5.74, 6) is -0.308. The van der Waals surface area contributed by atoms with Crippen molar-refractivity contribution in [2.75, 3.05) is 0 Å². The maximum atomic E-state index is 13.5. The van der Waals surface area contributed by atoms with Crippen LogP contribution in [0.4, 0.5) is 0 Å². The molecule has 5 heteroatoms. The first kappa shape index (κ1) is 25.4. The number of aromatic amines is 1. The van der Waals surface area contributed by atoms with E-state index in [4.69, 9.17) is 4.74 Å². The van der Waals surface area contributed by atoms with Crippen LogP contribution >= 0.6 is 11.8 Å². The van der Waals surface area contributed by atoms with Gasteiger partial charge in [0.2, 0.25) is 0 Å². The van der Waals surface area contributed by atoms with Gasteiger partial charge in [-0.05, 0) is 59.6 Å². The van der Waals surface area contributed by atoms with E-state index >= 15 is 0 Å². The van der Waals surface area contributed by atoms with E-state index in [2.05, 4.69) is 63.9 Å². The molecule has 0 spiro atoms. The van der Waals surface area contributed by atoms with E-state index in [-0.39, 0.29) is 11.2 Å². The number of rotatable bonds is 8. The van der Waals surface area contributed by atoms with Crippen LogP contribution in [0.5, 0.6) is 0 Å². The SMILES string of the molecule is CCCCC[C@@]1(c2ccccc2CC)CC(O)=C(Sc2cc3cc[nH]c3cc2C(C)(C)C)C(=O)O1. The molecule has 4 rings (SSSR count). The van der Waals surface area contributed by atoms with Crippen LogP contribution in [0.2, 0.25) is 0 Å². The molecular formula is C30H37NO3S. The summed E-state index contributed by atoms with van der Waals surface area (Å²) >= 11 is 1.33. The number of carbonyl (C=O) groups excluding carboxylic acids is 1. The number of carbonyl (C=O) groups is 1. The van der Waals surface area contributed by atoms with Crippen LogP contribution in [0.1, 0.15) is 83.4 Å². The Morgan fingerprint density at radius 1 is 1.11 bits per heavy atom. The molecule has 1 aliphatic heterocycles. The molecule has 2 aromatic carbocycles. The molecule has 1 aromatic heterocycles. The van der Waals surface area contributed by atoms with E-state index in [1.165, 1.54) is 11.8 Å². The van der Waals surface area contributed by atoms with Gasteiger partial charge in [0.1, 0.15) is 16.3 Å². The van der Waals surface area contributed by atoms with Gasteiger partial charge in [-0.15, -0.1) is 0 Å². The lowest BCUT2D eigenvalue weighted by atomic mass is 9.80. The predicted molar refractivity (Wildman–Crippen MR) is 145 cm³/mol. The Morgan fingerprint density at radius 3 is 2.57 bits per heavy atom. The van der Waals surface area contributed by atoms with Crippen molar-refractivity contribution in [2.24, 2.45) is 0 Å². The largest absolute Gasteiger partial charge is 0.511 e. The van der Waals surface area contributed by atoms with Crippen molar-refractivity contribution < 1.29 is 14.6 Å². The van der Waals surface area contributed by atoms with Crippen molar-refractivity contribution in [3.8, 4) is 0 Å². The molecule has 0 radical (unpaired) electrons. The van der Waals surface area contributed by atoms with Gasteiger partial charge in [0.05, 0.1) is 6.42 Å². The third kappa shape index (κ3) is 5.16. The molecule has 3 aromatic rings. The number of esters is 1. The van der Waals surface area contributed by atoms with Gasteiger partial charge >= 0.3 is 5.97 Å². The van der Waals surface area contributed by atoms with Crippen molar-refractivity contribution >= 4 is 28.6 Å². The smallest absolute Gasteiger partial charge is 0.349 e. The van der Waals surface area contributed by atoms with Gasteiger partial charge in [-0.1, -0.05) is 83.5 Å². The number of aromatic nitrogens is 1. The molecule has 35 heavy (non-hydrogen) atoms. The number of hydrogen-bond acceptors (Lipinski definition) is 4. The predicted octanol–water partition coefficient (Wildman–Crippen LogP) is 8.31. The molecule has 0 bridgehead atoms. The highest BCUT2D eigenvalue weighted by atomic mass is 32.2. The van der Waals surface area contributed by atoms with Gasteiger partial charge in [-0.2, -0.15) is 0 Å². The van der Waals surface area contributed by atoms with Crippen LogP contribution < -0.4 is 0 Å². The lowest BCUT2D eigenvalue weighted by Gasteiger charge is -2.39. The first-order chi connectivity index (χ1) is 16.7. The average molecular weight is 492 g/mol. The number of H-pyrrole nitrogens is 1.